The molecule has 3 rings (SSSR count). The third-order valence-corrected chi connectivity index (χ3v) is 4.99. The van der Waals surface area contributed by atoms with Crippen molar-refractivity contribution in [3.8, 4) is 5.75 Å². The predicted molar refractivity (Wildman–Crippen MR) is 107 cm³/mol. The van der Waals surface area contributed by atoms with Gasteiger partial charge in [-0.25, -0.2) is 0 Å². The minimum atomic E-state index is -0.187. The van der Waals surface area contributed by atoms with Crippen molar-refractivity contribution >= 4 is 34.8 Å². The first-order chi connectivity index (χ1) is 13.0. The highest BCUT2D eigenvalue weighted by atomic mass is 35.5. The number of hydrogen-bond donors (Lipinski definition) is 2. The minimum absolute atomic E-state index is 0.0998. The zero-order chi connectivity index (χ0) is 19.2. The van der Waals surface area contributed by atoms with Crippen LogP contribution in [0.15, 0.2) is 42.5 Å². The fraction of sp³-hybridized carbons (Fsp3) is 0.350. The number of phenolic OH excluding ortho intramolecular Hbond substituents is 1. The number of nitrogens with one attached hydrogen (secondary N) is 1. The molecular formula is C20H22Cl2N2O3. The molecule has 7 heteroatoms. The van der Waals surface area contributed by atoms with Gasteiger partial charge in [-0.3, -0.25) is 9.69 Å². The molecule has 2 aromatic rings. The number of aromatic hydroxyl groups is 1. The Balaban J connectivity index is 1.67. The second-order valence-corrected chi connectivity index (χ2v) is 7.45. The van der Waals surface area contributed by atoms with E-state index in [1.165, 1.54) is 0 Å². The van der Waals surface area contributed by atoms with Crippen LogP contribution < -0.4 is 5.32 Å². The van der Waals surface area contributed by atoms with Gasteiger partial charge in [0.25, 0.3) is 0 Å². The van der Waals surface area contributed by atoms with Crippen LogP contribution in [0.2, 0.25) is 10.0 Å². The van der Waals surface area contributed by atoms with Crippen molar-refractivity contribution < 1.29 is 14.6 Å². The normalized spacial score (nSPS) is 16.6. The van der Waals surface area contributed by atoms with Crippen molar-refractivity contribution in [3.63, 3.8) is 0 Å². The van der Waals surface area contributed by atoms with Crippen LogP contribution in [0.25, 0.3) is 0 Å². The lowest BCUT2D eigenvalue weighted by molar-refractivity contribution is -0.117. The number of hydrogen-bond acceptors (Lipinski definition) is 4. The molecule has 1 atom stereocenters. The molecule has 2 aromatic carbocycles. The molecule has 144 valence electrons. The van der Waals surface area contributed by atoms with Crippen molar-refractivity contribution in [2.75, 3.05) is 25.0 Å². The van der Waals surface area contributed by atoms with Crippen molar-refractivity contribution in [1.82, 2.24) is 4.90 Å². The molecule has 0 bridgehead atoms. The first-order valence-electron chi connectivity index (χ1n) is 8.87. The van der Waals surface area contributed by atoms with Gasteiger partial charge in [0.05, 0.1) is 23.4 Å². The van der Waals surface area contributed by atoms with E-state index in [-0.39, 0.29) is 24.3 Å². The summed E-state index contributed by atoms with van der Waals surface area (Å²) >= 11 is 12.0. The molecule has 1 unspecified atom stereocenters. The summed E-state index contributed by atoms with van der Waals surface area (Å²) in [5.74, 6) is 0.0311. The van der Waals surface area contributed by atoms with Crippen LogP contribution in [0.5, 0.6) is 5.75 Å². The first-order valence-corrected chi connectivity index (χ1v) is 9.62. The Bertz CT molecular complexity index is 795. The number of carbonyl (C=O) groups is 1. The lowest BCUT2D eigenvalue weighted by Gasteiger charge is -2.25. The van der Waals surface area contributed by atoms with Gasteiger partial charge in [-0.05, 0) is 37.1 Å². The maximum absolute atomic E-state index is 12.6. The molecule has 27 heavy (non-hydrogen) atoms. The molecule has 5 nitrogen and oxygen atoms in total. The fourth-order valence-electron chi connectivity index (χ4n) is 3.13. The second kappa shape index (κ2) is 9.42. The Morgan fingerprint density at radius 1 is 1.26 bits per heavy atom. The van der Waals surface area contributed by atoms with Crippen molar-refractivity contribution in [2.45, 2.75) is 25.5 Å². The van der Waals surface area contributed by atoms with E-state index in [4.69, 9.17) is 27.9 Å². The van der Waals surface area contributed by atoms with Gasteiger partial charge in [0.15, 0.2) is 0 Å². The third kappa shape index (κ3) is 5.84. The third-order valence-electron chi connectivity index (χ3n) is 4.44. The van der Waals surface area contributed by atoms with Crippen LogP contribution in [0.3, 0.4) is 0 Å². The molecule has 1 saturated heterocycles. The van der Waals surface area contributed by atoms with Gasteiger partial charge >= 0.3 is 0 Å². The summed E-state index contributed by atoms with van der Waals surface area (Å²) in [6, 6.07) is 12.1. The van der Waals surface area contributed by atoms with Gasteiger partial charge in [0.1, 0.15) is 5.75 Å². The van der Waals surface area contributed by atoms with Gasteiger partial charge in [-0.1, -0.05) is 41.4 Å². The molecule has 0 radical (unpaired) electrons. The molecule has 0 aliphatic carbocycles. The van der Waals surface area contributed by atoms with Crippen molar-refractivity contribution in [3.05, 3.63) is 58.1 Å². The number of halogens is 2. The number of benzene rings is 2. The SMILES string of the molecule is O=C(CN(Cc1ccccc1O)CC1CCCO1)Nc1ccc(Cl)cc1Cl. The van der Waals surface area contributed by atoms with Crippen LogP contribution in [-0.4, -0.2) is 41.7 Å². The number of carbonyl (C=O) groups excluding carboxylic acids is 1. The summed E-state index contributed by atoms with van der Waals surface area (Å²) in [4.78, 5) is 14.5. The number of nitrogens with zero attached hydrogens (tertiary/aromatic N) is 1. The molecule has 0 saturated carbocycles. The zero-order valence-electron chi connectivity index (χ0n) is 14.8. The summed E-state index contributed by atoms with van der Waals surface area (Å²) in [6.45, 7) is 1.99. The average molecular weight is 409 g/mol. The molecule has 1 fully saturated rings. The molecule has 1 aliphatic rings. The van der Waals surface area contributed by atoms with Crippen LogP contribution in [0.1, 0.15) is 18.4 Å². The smallest absolute Gasteiger partial charge is 0.238 e. The summed E-state index contributed by atoms with van der Waals surface area (Å²) in [5, 5.41) is 13.8. The van der Waals surface area contributed by atoms with Crippen LogP contribution in [0, 0.1) is 0 Å². The van der Waals surface area contributed by atoms with E-state index in [1.54, 1.807) is 30.3 Å². The van der Waals surface area contributed by atoms with Gasteiger partial charge in [0.2, 0.25) is 5.91 Å². The van der Waals surface area contributed by atoms with Crippen LogP contribution >= 0.6 is 23.2 Å². The topological polar surface area (TPSA) is 61.8 Å². The summed E-state index contributed by atoms with van der Waals surface area (Å²) in [7, 11) is 0. The highest BCUT2D eigenvalue weighted by Crippen LogP contribution is 2.25. The summed E-state index contributed by atoms with van der Waals surface area (Å²) in [5.41, 5.74) is 1.29. The highest BCUT2D eigenvalue weighted by molar-refractivity contribution is 6.36. The van der Waals surface area contributed by atoms with E-state index in [2.05, 4.69) is 5.32 Å². The Morgan fingerprint density at radius 3 is 2.78 bits per heavy atom. The molecule has 2 N–H and O–H groups in total. The fourth-order valence-corrected chi connectivity index (χ4v) is 3.59. The predicted octanol–water partition coefficient (Wildman–Crippen LogP) is 4.32. The van der Waals surface area contributed by atoms with Crippen LogP contribution in [0.4, 0.5) is 5.69 Å². The number of para-hydroxylation sites is 1. The lowest BCUT2D eigenvalue weighted by Crippen LogP contribution is -2.38. The Kier molecular flexibility index (Phi) is 6.96. The van der Waals surface area contributed by atoms with Gasteiger partial charge in [-0.15, -0.1) is 0 Å². The van der Waals surface area contributed by atoms with Crippen molar-refractivity contribution in [1.29, 1.82) is 0 Å². The molecule has 0 aromatic heterocycles. The second-order valence-electron chi connectivity index (χ2n) is 6.61. The number of phenols is 1. The van der Waals surface area contributed by atoms with E-state index < -0.39 is 0 Å². The van der Waals surface area contributed by atoms with E-state index in [9.17, 15) is 9.90 Å². The highest BCUT2D eigenvalue weighted by Gasteiger charge is 2.22. The Hall–Kier alpha value is -1.79. The quantitative estimate of drug-likeness (QED) is 0.715. The summed E-state index contributed by atoms with van der Waals surface area (Å²) < 4.78 is 5.71. The average Bonchev–Trinajstić information content (AvgIpc) is 3.12. The van der Waals surface area contributed by atoms with Gasteiger partial charge in [-0.2, -0.15) is 0 Å². The van der Waals surface area contributed by atoms with Crippen LogP contribution in [-0.2, 0) is 16.1 Å². The maximum atomic E-state index is 12.6. The minimum Gasteiger partial charge on any atom is -0.508 e. The van der Waals surface area contributed by atoms with Gasteiger partial charge < -0.3 is 15.2 Å². The van der Waals surface area contributed by atoms with E-state index in [0.29, 0.717) is 28.8 Å². The summed E-state index contributed by atoms with van der Waals surface area (Å²) in [6.07, 6.45) is 2.10. The number of ether oxygens (including phenoxy) is 1. The van der Waals surface area contributed by atoms with E-state index in [0.717, 1.165) is 25.0 Å². The monoisotopic (exact) mass is 408 g/mol. The molecule has 1 amide bonds. The molecule has 0 spiro atoms. The number of amides is 1. The maximum Gasteiger partial charge on any atom is 0.238 e. The first kappa shape index (κ1) is 20.0. The van der Waals surface area contributed by atoms with Gasteiger partial charge in [0, 0.05) is 30.3 Å². The Morgan fingerprint density at radius 2 is 2.07 bits per heavy atom. The standard InChI is InChI=1S/C20H22Cl2N2O3/c21-15-7-8-18(17(22)10-15)23-20(26)13-24(12-16-5-3-9-27-16)11-14-4-1-2-6-19(14)25/h1-2,4,6-8,10,16,25H,3,5,9,11-13H2,(H,23,26). The number of anilines is 1. The zero-order valence-corrected chi connectivity index (χ0v) is 16.3. The lowest BCUT2D eigenvalue weighted by atomic mass is 10.1. The largest absolute Gasteiger partial charge is 0.508 e. The molecule has 1 heterocycles. The van der Waals surface area contributed by atoms with E-state index in [1.807, 2.05) is 17.0 Å². The molecular weight excluding hydrogens is 387 g/mol. The Labute approximate surface area is 168 Å². The number of rotatable bonds is 7. The van der Waals surface area contributed by atoms with Crippen molar-refractivity contribution in [2.24, 2.45) is 0 Å². The van der Waals surface area contributed by atoms with E-state index >= 15 is 0 Å². The molecule has 1 aliphatic heterocycles.